The van der Waals surface area contributed by atoms with Crippen LogP contribution in [-0.4, -0.2) is 24.2 Å². The summed E-state index contributed by atoms with van der Waals surface area (Å²) in [7, 11) is 0. The van der Waals surface area contributed by atoms with Gasteiger partial charge in [0.2, 0.25) is 0 Å². The van der Waals surface area contributed by atoms with Crippen LogP contribution in [0.5, 0.6) is 0 Å². The van der Waals surface area contributed by atoms with Crippen LogP contribution in [0, 0.1) is 5.92 Å². The summed E-state index contributed by atoms with van der Waals surface area (Å²) < 4.78 is 0. The Balaban J connectivity index is 2.85. The van der Waals surface area contributed by atoms with E-state index in [2.05, 4.69) is 49.7 Å². The molecule has 2 heteroatoms. The standard InChI is InChI=1S/C12H20N2/c1-5-14(6-2)12-8-10(3)7-11(4)9-13-12/h7-10H,5-6H2,1-4H3/t10-/m0/s1. The zero-order chi connectivity index (χ0) is 10.6. The number of aliphatic imine (C=N–C) groups is 1. The Morgan fingerprint density at radius 3 is 2.50 bits per heavy atom. The molecule has 0 unspecified atom stereocenters. The fourth-order valence-corrected chi connectivity index (χ4v) is 1.69. The summed E-state index contributed by atoms with van der Waals surface area (Å²) in [6.07, 6.45) is 6.41. The van der Waals surface area contributed by atoms with Crippen LogP contribution in [0.1, 0.15) is 27.7 Å². The van der Waals surface area contributed by atoms with Gasteiger partial charge in [0.25, 0.3) is 0 Å². The maximum Gasteiger partial charge on any atom is 0.124 e. The zero-order valence-electron chi connectivity index (χ0n) is 9.62. The molecule has 0 aromatic heterocycles. The number of hydrogen-bond acceptors (Lipinski definition) is 2. The minimum Gasteiger partial charge on any atom is -0.357 e. The number of nitrogens with zero attached hydrogens (tertiary/aromatic N) is 2. The smallest absolute Gasteiger partial charge is 0.124 e. The second-order valence-corrected chi connectivity index (χ2v) is 3.73. The van der Waals surface area contributed by atoms with Gasteiger partial charge in [-0.25, -0.2) is 4.99 Å². The van der Waals surface area contributed by atoms with Crippen LogP contribution in [0.15, 0.2) is 28.5 Å². The molecule has 0 amide bonds. The third-order valence-corrected chi connectivity index (χ3v) is 2.43. The first-order valence-corrected chi connectivity index (χ1v) is 5.36. The predicted octanol–water partition coefficient (Wildman–Crippen LogP) is 2.84. The maximum atomic E-state index is 4.49. The molecule has 0 aromatic carbocycles. The van der Waals surface area contributed by atoms with Crippen LogP contribution in [0.4, 0.5) is 0 Å². The van der Waals surface area contributed by atoms with Gasteiger partial charge in [-0.05, 0) is 38.3 Å². The fourth-order valence-electron chi connectivity index (χ4n) is 1.69. The van der Waals surface area contributed by atoms with Crippen LogP contribution in [0.2, 0.25) is 0 Å². The molecule has 1 heterocycles. The largest absolute Gasteiger partial charge is 0.357 e. The molecule has 1 atom stereocenters. The van der Waals surface area contributed by atoms with Crippen molar-refractivity contribution < 1.29 is 0 Å². The van der Waals surface area contributed by atoms with E-state index in [0.717, 1.165) is 18.9 Å². The Morgan fingerprint density at radius 2 is 1.93 bits per heavy atom. The van der Waals surface area contributed by atoms with Gasteiger partial charge in [0, 0.05) is 19.3 Å². The van der Waals surface area contributed by atoms with Gasteiger partial charge >= 0.3 is 0 Å². The van der Waals surface area contributed by atoms with Crippen molar-refractivity contribution in [1.82, 2.24) is 4.90 Å². The second kappa shape index (κ2) is 4.99. The summed E-state index contributed by atoms with van der Waals surface area (Å²) >= 11 is 0. The SMILES string of the molecule is CCN(CC)C1=C[C@@H](C)C=C(C)C=N1. The summed E-state index contributed by atoms with van der Waals surface area (Å²) in [5, 5.41) is 0. The first kappa shape index (κ1) is 11.0. The van der Waals surface area contributed by atoms with Crippen molar-refractivity contribution in [1.29, 1.82) is 0 Å². The normalized spacial score (nSPS) is 21.3. The molecule has 0 saturated heterocycles. The predicted molar refractivity (Wildman–Crippen MR) is 62.4 cm³/mol. The minimum absolute atomic E-state index is 0.480. The molecule has 0 spiro atoms. The van der Waals surface area contributed by atoms with E-state index < -0.39 is 0 Å². The molecule has 1 aliphatic heterocycles. The molecule has 0 N–H and O–H groups in total. The lowest BCUT2D eigenvalue weighted by Crippen LogP contribution is -2.21. The van der Waals surface area contributed by atoms with Gasteiger partial charge in [0.1, 0.15) is 5.82 Å². The number of hydrogen-bond donors (Lipinski definition) is 0. The van der Waals surface area contributed by atoms with Crippen molar-refractivity contribution in [2.24, 2.45) is 10.9 Å². The quantitative estimate of drug-likeness (QED) is 0.671. The van der Waals surface area contributed by atoms with Gasteiger partial charge < -0.3 is 4.90 Å². The van der Waals surface area contributed by atoms with Gasteiger partial charge in [-0.15, -0.1) is 0 Å². The topological polar surface area (TPSA) is 15.6 Å². The van der Waals surface area contributed by atoms with E-state index in [-0.39, 0.29) is 0 Å². The first-order chi connectivity index (χ1) is 6.67. The fraction of sp³-hybridized carbons (Fsp3) is 0.583. The van der Waals surface area contributed by atoms with E-state index in [1.165, 1.54) is 5.57 Å². The van der Waals surface area contributed by atoms with Crippen molar-refractivity contribution in [3.63, 3.8) is 0 Å². The highest BCUT2D eigenvalue weighted by Crippen LogP contribution is 2.15. The molecule has 1 rings (SSSR count). The third-order valence-electron chi connectivity index (χ3n) is 2.43. The monoisotopic (exact) mass is 192 g/mol. The average Bonchev–Trinajstić information content (AvgIpc) is 2.30. The van der Waals surface area contributed by atoms with Crippen LogP contribution in [0.25, 0.3) is 0 Å². The van der Waals surface area contributed by atoms with Gasteiger partial charge in [-0.1, -0.05) is 13.0 Å². The van der Waals surface area contributed by atoms with Crippen LogP contribution in [0.3, 0.4) is 0 Å². The van der Waals surface area contributed by atoms with Crippen molar-refractivity contribution in [3.8, 4) is 0 Å². The summed E-state index contributed by atoms with van der Waals surface area (Å²) in [5.41, 5.74) is 1.25. The lowest BCUT2D eigenvalue weighted by atomic mass is 10.1. The maximum absolute atomic E-state index is 4.49. The minimum atomic E-state index is 0.480. The molecular formula is C12H20N2. The molecule has 2 nitrogen and oxygen atoms in total. The summed E-state index contributed by atoms with van der Waals surface area (Å²) in [4.78, 5) is 6.77. The van der Waals surface area contributed by atoms with Crippen molar-refractivity contribution in [2.75, 3.05) is 13.1 Å². The second-order valence-electron chi connectivity index (χ2n) is 3.73. The lowest BCUT2D eigenvalue weighted by Gasteiger charge is -2.21. The van der Waals surface area contributed by atoms with Gasteiger partial charge in [0.05, 0.1) is 0 Å². The molecule has 0 saturated carbocycles. The Kier molecular flexibility index (Phi) is 3.93. The molecular weight excluding hydrogens is 172 g/mol. The molecule has 0 fully saturated rings. The van der Waals surface area contributed by atoms with Gasteiger partial charge in [0.15, 0.2) is 0 Å². The Morgan fingerprint density at radius 1 is 1.29 bits per heavy atom. The molecule has 14 heavy (non-hydrogen) atoms. The summed E-state index contributed by atoms with van der Waals surface area (Å²) in [6.45, 7) is 10.7. The van der Waals surface area contributed by atoms with E-state index >= 15 is 0 Å². The highest BCUT2D eigenvalue weighted by molar-refractivity contribution is 5.79. The van der Waals surface area contributed by atoms with E-state index in [1.807, 2.05) is 6.21 Å². The molecule has 0 aliphatic carbocycles. The van der Waals surface area contributed by atoms with Crippen molar-refractivity contribution in [3.05, 3.63) is 23.5 Å². The molecule has 0 aromatic rings. The van der Waals surface area contributed by atoms with Crippen LogP contribution < -0.4 is 0 Å². The Bertz CT molecular complexity index is 270. The average molecular weight is 192 g/mol. The number of allylic oxidation sites excluding steroid dienone is 3. The van der Waals surface area contributed by atoms with E-state index in [0.29, 0.717) is 5.92 Å². The van der Waals surface area contributed by atoms with Gasteiger partial charge in [-0.3, -0.25) is 0 Å². The first-order valence-electron chi connectivity index (χ1n) is 5.36. The van der Waals surface area contributed by atoms with Crippen molar-refractivity contribution >= 4 is 6.21 Å². The molecule has 1 aliphatic rings. The number of rotatable bonds is 3. The summed E-state index contributed by atoms with van der Waals surface area (Å²) in [5.74, 6) is 1.59. The lowest BCUT2D eigenvalue weighted by molar-refractivity contribution is 0.377. The third kappa shape index (κ3) is 2.72. The Hall–Kier alpha value is -1.05. The van der Waals surface area contributed by atoms with Gasteiger partial charge in [-0.2, -0.15) is 0 Å². The highest BCUT2D eigenvalue weighted by Gasteiger charge is 2.07. The summed E-state index contributed by atoms with van der Waals surface area (Å²) in [6, 6.07) is 0. The zero-order valence-corrected chi connectivity index (χ0v) is 9.62. The van der Waals surface area contributed by atoms with E-state index in [9.17, 15) is 0 Å². The van der Waals surface area contributed by atoms with E-state index in [1.54, 1.807) is 0 Å². The van der Waals surface area contributed by atoms with E-state index in [4.69, 9.17) is 0 Å². The molecule has 0 radical (unpaired) electrons. The molecule has 78 valence electrons. The van der Waals surface area contributed by atoms with Crippen LogP contribution in [-0.2, 0) is 0 Å². The van der Waals surface area contributed by atoms with Crippen LogP contribution >= 0.6 is 0 Å². The molecule has 0 bridgehead atoms. The Labute approximate surface area is 87.0 Å². The highest BCUT2D eigenvalue weighted by atomic mass is 15.2. The van der Waals surface area contributed by atoms with Crippen molar-refractivity contribution in [2.45, 2.75) is 27.7 Å².